The van der Waals surface area contributed by atoms with Crippen LogP contribution >= 0.6 is 0 Å². The number of allylic oxidation sites excluding steroid dienone is 2. The van der Waals surface area contributed by atoms with Crippen LogP contribution in [0.25, 0.3) is 0 Å². The molecule has 0 radical (unpaired) electrons. The number of carbonyl (C=O) groups excluding carboxylic acids is 1. The summed E-state index contributed by atoms with van der Waals surface area (Å²) < 4.78 is 12.2. The Balaban J connectivity index is 1.59. The Hall–Kier alpha value is -1.65. The van der Waals surface area contributed by atoms with Crippen molar-refractivity contribution in [3.8, 4) is 0 Å². The van der Waals surface area contributed by atoms with E-state index in [0.717, 1.165) is 32.1 Å². The summed E-state index contributed by atoms with van der Waals surface area (Å²) in [6.07, 6.45) is 10.1. The zero-order valence-corrected chi connectivity index (χ0v) is 23.4. The van der Waals surface area contributed by atoms with Gasteiger partial charge in [-0.2, -0.15) is 0 Å². The van der Waals surface area contributed by atoms with Crippen molar-refractivity contribution in [1.82, 2.24) is 0 Å². The van der Waals surface area contributed by atoms with E-state index in [1.54, 1.807) is 11.1 Å². The third-order valence-electron chi connectivity index (χ3n) is 10.7. The van der Waals surface area contributed by atoms with E-state index in [1.165, 1.54) is 36.9 Å². The van der Waals surface area contributed by atoms with Crippen LogP contribution in [0.2, 0.25) is 0 Å². The van der Waals surface area contributed by atoms with Crippen molar-refractivity contribution in [2.75, 3.05) is 32.7 Å². The number of benzene rings is 1. The molecule has 3 saturated carbocycles. The Labute approximate surface area is 218 Å². The fourth-order valence-corrected chi connectivity index (χ4v) is 9.03. The molecule has 0 N–H and O–H groups in total. The fraction of sp³-hybridized carbons (Fsp3) is 0.719. The summed E-state index contributed by atoms with van der Waals surface area (Å²) in [7, 11) is 6.04. The van der Waals surface area contributed by atoms with E-state index in [2.05, 4.69) is 57.1 Å². The maximum Gasteiger partial charge on any atom is 0.168 e. The van der Waals surface area contributed by atoms with Gasteiger partial charge in [-0.1, -0.05) is 36.6 Å². The number of fused-ring (bicyclic) bond motifs is 4. The second-order valence-corrected chi connectivity index (χ2v) is 12.6. The largest absolute Gasteiger partial charge is 0.378 e. The van der Waals surface area contributed by atoms with Gasteiger partial charge in [0.15, 0.2) is 5.79 Å². The summed E-state index contributed by atoms with van der Waals surface area (Å²) in [5, 5.41) is 0. The molecule has 0 aromatic heterocycles. The minimum Gasteiger partial charge on any atom is -0.378 e. The number of anilines is 1. The highest BCUT2D eigenvalue weighted by Crippen LogP contribution is 2.65. The second kappa shape index (κ2) is 9.91. The van der Waals surface area contributed by atoms with Crippen LogP contribution in [0.15, 0.2) is 35.4 Å². The highest BCUT2D eigenvalue weighted by Gasteiger charge is 2.56. The van der Waals surface area contributed by atoms with Crippen molar-refractivity contribution in [1.29, 1.82) is 0 Å². The molecule has 0 saturated heterocycles. The summed E-state index contributed by atoms with van der Waals surface area (Å²) in [4.78, 5) is 15.1. The van der Waals surface area contributed by atoms with E-state index in [9.17, 15) is 4.79 Å². The fourth-order valence-electron chi connectivity index (χ4n) is 9.03. The molecule has 4 heteroatoms. The lowest BCUT2D eigenvalue weighted by Gasteiger charge is -2.59. The predicted molar refractivity (Wildman–Crippen MR) is 146 cm³/mol. The number of ether oxygens (including phenoxy) is 2. The van der Waals surface area contributed by atoms with Gasteiger partial charge in [0.2, 0.25) is 0 Å². The Morgan fingerprint density at radius 1 is 1.08 bits per heavy atom. The molecular formula is C32H47NO3. The average molecular weight is 494 g/mol. The SMILES string of the molecule is CCOC1(OC)CCC2=C3C(c4ccc(N(C)C)cc4)CC4(C)C(C(C)=O)CCCC4C3CCC2C1. The molecule has 4 aliphatic rings. The van der Waals surface area contributed by atoms with Gasteiger partial charge in [-0.3, -0.25) is 4.79 Å². The van der Waals surface area contributed by atoms with Gasteiger partial charge >= 0.3 is 0 Å². The predicted octanol–water partition coefficient (Wildman–Crippen LogP) is 7.14. The Kier molecular flexibility index (Phi) is 7.15. The van der Waals surface area contributed by atoms with Crippen molar-refractivity contribution in [2.45, 2.75) is 90.3 Å². The molecule has 4 nitrogen and oxygen atoms in total. The van der Waals surface area contributed by atoms with Crippen LogP contribution in [0.1, 0.15) is 90.0 Å². The molecule has 0 spiro atoms. The highest BCUT2D eigenvalue weighted by atomic mass is 16.7. The lowest BCUT2D eigenvalue weighted by atomic mass is 9.45. The molecule has 1 aromatic rings. The van der Waals surface area contributed by atoms with E-state index < -0.39 is 5.79 Å². The van der Waals surface area contributed by atoms with Crippen LogP contribution in [-0.2, 0) is 14.3 Å². The molecule has 4 aliphatic carbocycles. The van der Waals surface area contributed by atoms with Gasteiger partial charge < -0.3 is 14.4 Å². The summed E-state index contributed by atoms with van der Waals surface area (Å²) in [6.45, 7) is 7.10. The molecule has 198 valence electrons. The molecule has 1 aromatic carbocycles. The smallest absolute Gasteiger partial charge is 0.168 e. The molecule has 3 fully saturated rings. The number of nitrogens with zero attached hydrogens (tertiary/aromatic N) is 1. The molecule has 36 heavy (non-hydrogen) atoms. The molecule has 7 atom stereocenters. The molecule has 0 aliphatic heterocycles. The molecule has 7 unspecified atom stereocenters. The molecule has 0 amide bonds. The van der Waals surface area contributed by atoms with Crippen LogP contribution in [0.5, 0.6) is 0 Å². The van der Waals surface area contributed by atoms with Gasteiger partial charge in [0.1, 0.15) is 5.78 Å². The number of hydrogen-bond acceptors (Lipinski definition) is 4. The monoisotopic (exact) mass is 493 g/mol. The van der Waals surface area contributed by atoms with Crippen molar-refractivity contribution >= 4 is 11.5 Å². The molecule has 0 heterocycles. The van der Waals surface area contributed by atoms with Gasteiger partial charge in [-0.05, 0) is 93.2 Å². The zero-order valence-electron chi connectivity index (χ0n) is 23.4. The molecular weight excluding hydrogens is 446 g/mol. The van der Waals surface area contributed by atoms with Crippen molar-refractivity contribution in [3.05, 3.63) is 41.0 Å². The van der Waals surface area contributed by atoms with Crippen molar-refractivity contribution in [2.24, 2.45) is 29.1 Å². The first-order chi connectivity index (χ1) is 17.2. The maximum atomic E-state index is 12.9. The number of methoxy groups -OCH3 is 1. The zero-order chi connectivity index (χ0) is 25.7. The lowest BCUT2D eigenvalue weighted by molar-refractivity contribution is -0.239. The van der Waals surface area contributed by atoms with Crippen molar-refractivity contribution in [3.63, 3.8) is 0 Å². The van der Waals surface area contributed by atoms with E-state index in [-0.39, 0.29) is 11.3 Å². The number of Topliss-reactive ketones (excluding diaryl/α,β-unsaturated/α-hetero) is 1. The Morgan fingerprint density at radius 2 is 1.83 bits per heavy atom. The van der Waals surface area contributed by atoms with E-state index >= 15 is 0 Å². The summed E-state index contributed by atoms with van der Waals surface area (Å²) in [6, 6.07) is 9.29. The number of hydrogen-bond donors (Lipinski definition) is 0. The quantitative estimate of drug-likeness (QED) is 0.312. The standard InChI is InChI=1S/C32H47NO3/c1-7-36-32(35-6)18-17-25-23(19-32)13-16-26-29-10-8-9-28(21(2)34)31(29,3)20-27(30(25)26)22-11-14-24(15-12-22)33(4)5/h11-12,14-15,23,26-29H,7-10,13,16-20H2,1-6H3. The second-order valence-electron chi connectivity index (χ2n) is 12.6. The van der Waals surface area contributed by atoms with E-state index in [1.807, 2.05) is 14.0 Å². The minimum absolute atomic E-state index is 0.0901. The highest BCUT2D eigenvalue weighted by molar-refractivity contribution is 5.79. The minimum atomic E-state index is -0.424. The summed E-state index contributed by atoms with van der Waals surface area (Å²) in [5.41, 5.74) is 6.24. The van der Waals surface area contributed by atoms with Gasteiger partial charge in [-0.25, -0.2) is 0 Å². The van der Waals surface area contributed by atoms with Crippen LogP contribution in [0, 0.1) is 29.1 Å². The first-order valence-corrected chi connectivity index (χ1v) is 14.4. The third kappa shape index (κ3) is 4.26. The lowest BCUT2D eigenvalue weighted by Crippen LogP contribution is -2.52. The van der Waals surface area contributed by atoms with E-state index in [4.69, 9.17) is 9.47 Å². The number of carbonyl (C=O) groups is 1. The maximum absolute atomic E-state index is 12.9. The summed E-state index contributed by atoms with van der Waals surface area (Å²) in [5.74, 6) is 2.39. The number of rotatable bonds is 6. The summed E-state index contributed by atoms with van der Waals surface area (Å²) >= 11 is 0. The first kappa shape index (κ1) is 26.0. The number of ketones is 1. The van der Waals surface area contributed by atoms with Crippen LogP contribution in [0.4, 0.5) is 5.69 Å². The molecule has 0 bridgehead atoms. The molecule has 5 rings (SSSR count). The van der Waals surface area contributed by atoms with Crippen LogP contribution in [-0.4, -0.2) is 39.4 Å². The van der Waals surface area contributed by atoms with Gasteiger partial charge in [0.05, 0.1) is 0 Å². The van der Waals surface area contributed by atoms with Gasteiger partial charge in [-0.15, -0.1) is 0 Å². The third-order valence-corrected chi connectivity index (χ3v) is 10.7. The van der Waals surface area contributed by atoms with Crippen LogP contribution in [0.3, 0.4) is 0 Å². The van der Waals surface area contributed by atoms with Crippen molar-refractivity contribution < 1.29 is 14.3 Å². The Morgan fingerprint density at radius 3 is 2.47 bits per heavy atom. The average Bonchev–Trinajstić information content (AvgIpc) is 2.87. The van der Waals surface area contributed by atoms with E-state index in [0.29, 0.717) is 36.1 Å². The normalized spacial score (nSPS) is 38.1. The van der Waals surface area contributed by atoms with Gasteiger partial charge in [0.25, 0.3) is 0 Å². The van der Waals surface area contributed by atoms with Crippen LogP contribution < -0.4 is 4.90 Å². The first-order valence-electron chi connectivity index (χ1n) is 14.4. The Bertz CT molecular complexity index is 997. The topological polar surface area (TPSA) is 38.8 Å². The van der Waals surface area contributed by atoms with Gasteiger partial charge in [0, 0.05) is 58.2 Å².